The molecule has 0 radical (unpaired) electrons. The minimum absolute atomic E-state index is 0.0355. The van der Waals surface area contributed by atoms with Crippen LogP contribution in [0.5, 0.6) is 23.0 Å². The van der Waals surface area contributed by atoms with Crippen LogP contribution < -0.4 is 19.5 Å². The number of carboxylic acid groups (broad SMARTS) is 1. The van der Waals surface area contributed by atoms with Crippen LogP contribution in [0.2, 0.25) is 0 Å². The first-order valence-corrected chi connectivity index (χ1v) is 20.0. The molecule has 1 aromatic heterocycles. The number of carbonyl (C=O) groups is 2. The summed E-state index contributed by atoms with van der Waals surface area (Å²) in [6.45, 7) is 7.83. The van der Waals surface area contributed by atoms with Crippen molar-refractivity contribution in [2.75, 3.05) is 33.3 Å². The number of hydrogen-bond donors (Lipinski definition) is 3. The number of esters is 1. The van der Waals surface area contributed by atoms with E-state index in [4.69, 9.17) is 23.4 Å². The van der Waals surface area contributed by atoms with Crippen molar-refractivity contribution in [3.8, 4) is 29.1 Å². The van der Waals surface area contributed by atoms with Crippen molar-refractivity contribution in [3.05, 3.63) is 80.1 Å². The molecule has 0 amide bonds. The number of phenols is 1. The number of furan rings is 1. The van der Waals surface area contributed by atoms with Crippen LogP contribution >= 0.6 is 11.8 Å². The minimum atomic E-state index is -1.67. The highest BCUT2D eigenvalue weighted by atomic mass is 32.2. The van der Waals surface area contributed by atoms with Crippen LogP contribution in [-0.4, -0.2) is 89.4 Å². The third-order valence-corrected chi connectivity index (χ3v) is 14.8. The third-order valence-electron chi connectivity index (χ3n) is 13.3. The smallest absolute Gasteiger partial charge is 0.335 e. The zero-order valence-corrected chi connectivity index (χ0v) is 32.7. The van der Waals surface area contributed by atoms with Gasteiger partial charge in [-0.1, -0.05) is 17.7 Å². The second-order valence-electron chi connectivity index (χ2n) is 16.1. The number of fused-ring (bicyclic) bond motifs is 11. The average Bonchev–Trinajstić information content (AvgIpc) is 3.81. The van der Waals surface area contributed by atoms with Crippen molar-refractivity contribution in [1.29, 1.82) is 5.26 Å². The van der Waals surface area contributed by atoms with Gasteiger partial charge in [-0.2, -0.15) is 5.26 Å². The number of carboxylic acids is 1. The largest absolute Gasteiger partial charge is 0.504 e. The number of aromatic hydroxyl groups is 1. The number of aliphatic carboxylic acids is 1. The average molecular weight is 779 g/mol. The van der Waals surface area contributed by atoms with Gasteiger partial charge in [0, 0.05) is 51.6 Å². The Hall–Kier alpha value is -4.94. The summed E-state index contributed by atoms with van der Waals surface area (Å²) in [6, 6.07) is 6.99. The molecule has 13 nitrogen and oxygen atoms in total. The van der Waals surface area contributed by atoms with E-state index in [1.165, 1.54) is 11.8 Å². The van der Waals surface area contributed by atoms with Crippen LogP contribution in [0.3, 0.4) is 0 Å². The molecule has 0 saturated carbocycles. The van der Waals surface area contributed by atoms with E-state index in [1.54, 1.807) is 7.11 Å². The Morgan fingerprint density at radius 3 is 2.61 bits per heavy atom. The quantitative estimate of drug-likeness (QED) is 0.228. The van der Waals surface area contributed by atoms with Gasteiger partial charge in [-0.15, -0.1) is 11.8 Å². The number of benzene rings is 3. The number of phenolic OH excluding ortho intramolecular Hbond substituents is 1. The van der Waals surface area contributed by atoms with Gasteiger partial charge in [0.25, 0.3) is 0 Å². The van der Waals surface area contributed by atoms with Gasteiger partial charge < -0.3 is 33.6 Å². The van der Waals surface area contributed by atoms with Crippen molar-refractivity contribution in [2.45, 2.75) is 87.6 Å². The fourth-order valence-electron chi connectivity index (χ4n) is 10.8. The predicted molar refractivity (Wildman–Crippen MR) is 204 cm³/mol. The molecule has 0 aliphatic carbocycles. The van der Waals surface area contributed by atoms with Gasteiger partial charge in [0.2, 0.25) is 6.79 Å². The lowest BCUT2D eigenvalue weighted by Crippen LogP contribution is -2.69. The number of methoxy groups -OCH3 is 1. The number of nitriles is 1. The summed E-state index contributed by atoms with van der Waals surface area (Å²) in [7, 11) is 3.57. The van der Waals surface area contributed by atoms with Gasteiger partial charge in [0.05, 0.1) is 25.3 Å². The maximum Gasteiger partial charge on any atom is 0.335 e. The molecule has 2 saturated heterocycles. The summed E-state index contributed by atoms with van der Waals surface area (Å²) in [5, 5.41) is 37.3. The Morgan fingerprint density at radius 1 is 1.07 bits per heavy atom. The maximum atomic E-state index is 15.0. The highest BCUT2D eigenvalue weighted by Gasteiger charge is 2.62. The van der Waals surface area contributed by atoms with E-state index < -0.39 is 52.9 Å². The Kier molecular flexibility index (Phi) is 7.78. The van der Waals surface area contributed by atoms with E-state index in [-0.39, 0.29) is 37.4 Å². The summed E-state index contributed by atoms with van der Waals surface area (Å²) < 4.78 is 31.1. The zero-order chi connectivity index (χ0) is 39.1. The number of hydrogen-bond acceptors (Lipinski definition) is 13. The predicted octanol–water partition coefficient (Wildman–Crippen LogP) is 5.16. The van der Waals surface area contributed by atoms with Gasteiger partial charge in [0.1, 0.15) is 30.0 Å². The number of thioether (sulfide) groups is 1. The van der Waals surface area contributed by atoms with E-state index in [1.807, 2.05) is 46.0 Å². The lowest BCUT2D eigenvalue weighted by molar-refractivity contribution is -0.159. The highest BCUT2D eigenvalue weighted by molar-refractivity contribution is 7.99. The minimum Gasteiger partial charge on any atom is -0.504 e. The van der Waals surface area contributed by atoms with E-state index >= 15 is 0 Å². The molecule has 2 fully saturated rings. The molecular weight excluding hydrogens is 737 g/mol. The maximum absolute atomic E-state index is 15.0. The number of aryl methyl sites for hydroxylation is 2. The molecule has 3 aromatic carbocycles. The van der Waals surface area contributed by atoms with Gasteiger partial charge in [-0.25, -0.2) is 4.79 Å². The van der Waals surface area contributed by atoms with Crippen molar-refractivity contribution in [1.82, 2.24) is 15.1 Å². The number of rotatable bonds is 2. The number of likely N-dealkylation sites (N-methyl/N-ethyl adjacent to an activating group) is 1. The molecule has 4 bridgehead atoms. The van der Waals surface area contributed by atoms with E-state index in [2.05, 4.69) is 34.2 Å². The Balaban J connectivity index is 1.24. The fraction of sp³-hybridized carbons (Fsp3) is 0.452. The standard InChI is InChI=1S/C42H42N4O9S/c1-17-7-8-28-22(9-17)23-12-24(40(48)49)44-42(39(23)55-28)15-56-38-29-19(3)20(4)36-37(54-16-53-36)31(29)27(14-52-41(42)50)46-26(13-43)25-11-21-10-18(2)35(51-6)34(47)30(21)32(33(38)46)45(25)5/h7-10,24-27,32-33,38,44,47H,11-12,14-16H2,1-6H3,(H,48,49)/t24-,25-,26-,27-,32+,33+,38+,42+/m0/s1. The first-order valence-electron chi connectivity index (χ1n) is 18.9. The SMILES string of the molecule is COc1c(C)cc2c(c1O)[C@@H]1[C@@H]3[C@@H]4SC[C@]5(N[C@H](C(=O)O)Cc6c5oc5ccc(C)cc65)C(=O)OC[C@@H](c5c6c(c(C)c(C)c54)OCO6)N3[C@@H](C#N)[C@H](C2)N1C. The van der Waals surface area contributed by atoms with Gasteiger partial charge >= 0.3 is 11.9 Å². The van der Waals surface area contributed by atoms with Crippen molar-refractivity contribution >= 4 is 34.7 Å². The number of piperazine rings is 1. The molecule has 3 N–H and O–H groups in total. The van der Waals surface area contributed by atoms with E-state index in [9.17, 15) is 25.1 Å². The lowest BCUT2D eigenvalue weighted by Gasteiger charge is -2.62. The first kappa shape index (κ1) is 35.5. The number of ether oxygens (including phenoxy) is 4. The van der Waals surface area contributed by atoms with Crippen LogP contribution in [-0.2, 0) is 32.7 Å². The van der Waals surface area contributed by atoms with Gasteiger partial charge in [0.15, 0.2) is 28.5 Å². The Morgan fingerprint density at radius 2 is 1.86 bits per heavy atom. The summed E-state index contributed by atoms with van der Waals surface area (Å²) in [5.41, 5.74) is 6.83. The molecule has 56 heavy (non-hydrogen) atoms. The van der Waals surface area contributed by atoms with Crippen molar-refractivity contribution < 1.29 is 43.2 Å². The number of nitrogens with one attached hydrogen (secondary N) is 1. The molecule has 7 aliphatic rings. The molecule has 7 aliphatic heterocycles. The van der Waals surface area contributed by atoms with Gasteiger partial charge in [-0.05, 0) is 81.1 Å². The lowest BCUT2D eigenvalue weighted by atomic mass is 9.71. The summed E-state index contributed by atoms with van der Waals surface area (Å²) >= 11 is 1.50. The molecule has 14 heteroatoms. The second kappa shape index (κ2) is 12.3. The fourth-order valence-corrected chi connectivity index (χ4v) is 12.5. The molecule has 1 spiro atoms. The molecule has 8 heterocycles. The molecule has 290 valence electrons. The Labute approximate surface area is 327 Å². The van der Waals surface area contributed by atoms with E-state index in [0.717, 1.165) is 49.9 Å². The third kappa shape index (κ3) is 4.54. The number of carbonyl (C=O) groups excluding carboxylic acids is 1. The topological polar surface area (TPSA) is 167 Å². The van der Waals surface area contributed by atoms with Crippen LogP contribution in [0.1, 0.15) is 73.2 Å². The monoisotopic (exact) mass is 778 g/mol. The molecule has 11 rings (SSSR count). The normalized spacial score (nSPS) is 30.2. The highest BCUT2D eigenvalue weighted by Crippen LogP contribution is 2.63. The van der Waals surface area contributed by atoms with Crippen LogP contribution in [0.25, 0.3) is 11.0 Å². The molecule has 8 atom stereocenters. The molecule has 0 unspecified atom stereocenters. The number of nitrogens with zero attached hydrogens (tertiary/aromatic N) is 3. The van der Waals surface area contributed by atoms with Crippen LogP contribution in [0.4, 0.5) is 0 Å². The van der Waals surface area contributed by atoms with Crippen LogP contribution in [0, 0.1) is 39.0 Å². The summed E-state index contributed by atoms with van der Waals surface area (Å²) in [4.78, 5) is 32.2. The molecular formula is C42H42N4O9S. The molecule has 4 aromatic rings. The van der Waals surface area contributed by atoms with Crippen LogP contribution in [0.15, 0.2) is 28.7 Å². The van der Waals surface area contributed by atoms with Crippen molar-refractivity contribution in [3.63, 3.8) is 0 Å². The van der Waals surface area contributed by atoms with Gasteiger partial charge in [-0.3, -0.25) is 19.9 Å². The summed E-state index contributed by atoms with van der Waals surface area (Å²) in [5.74, 6) is 0.374. The zero-order valence-electron chi connectivity index (χ0n) is 31.9. The summed E-state index contributed by atoms with van der Waals surface area (Å²) in [6.07, 6.45) is 0.644. The second-order valence-corrected chi connectivity index (χ2v) is 17.2. The first-order chi connectivity index (χ1) is 26.9. The Bertz CT molecular complexity index is 2460. The van der Waals surface area contributed by atoms with E-state index in [0.29, 0.717) is 40.6 Å². The van der Waals surface area contributed by atoms with Crippen molar-refractivity contribution in [2.24, 2.45) is 0 Å².